The van der Waals surface area contributed by atoms with Crippen LogP contribution in [0.3, 0.4) is 0 Å². The van der Waals surface area contributed by atoms with Gasteiger partial charge < -0.3 is 10.2 Å². The lowest BCUT2D eigenvalue weighted by Gasteiger charge is -2.19. The molecular weight excluding hydrogens is 352 g/mol. The van der Waals surface area contributed by atoms with Gasteiger partial charge in [-0.3, -0.25) is 4.79 Å². The van der Waals surface area contributed by atoms with Crippen LogP contribution < -0.4 is 5.32 Å². The third-order valence-corrected chi connectivity index (χ3v) is 6.26. The van der Waals surface area contributed by atoms with Gasteiger partial charge in [0, 0.05) is 18.8 Å². The van der Waals surface area contributed by atoms with E-state index < -0.39 is 0 Å². The van der Waals surface area contributed by atoms with Crippen LogP contribution in [0.15, 0.2) is 22.5 Å². The Balaban J connectivity index is 1.53. The summed E-state index contributed by atoms with van der Waals surface area (Å²) in [4.78, 5) is 14.3. The molecule has 25 heavy (non-hydrogen) atoms. The van der Waals surface area contributed by atoms with Gasteiger partial charge in [-0.25, -0.2) is 0 Å². The highest BCUT2D eigenvalue weighted by atomic mass is 32.2. The number of benzene rings is 1. The first-order valence-electron chi connectivity index (χ1n) is 8.70. The maximum atomic E-state index is 12.3. The number of thioether (sulfide) groups is 1. The van der Waals surface area contributed by atoms with Gasteiger partial charge in [-0.15, -0.1) is 10.2 Å². The lowest BCUT2D eigenvalue weighted by atomic mass is 10.1. The molecule has 134 valence electrons. The smallest absolute Gasteiger partial charge is 0.233 e. The summed E-state index contributed by atoms with van der Waals surface area (Å²) in [7, 11) is 0. The molecule has 0 radical (unpaired) electrons. The van der Waals surface area contributed by atoms with Gasteiger partial charge in [0.2, 0.25) is 11.0 Å². The highest BCUT2D eigenvalue weighted by Gasteiger charge is 2.16. The number of carbonyl (C=O) groups excluding carboxylic acids is 1. The summed E-state index contributed by atoms with van der Waals surface area (Å²) < 4.78 is 0.829. The van der Waals surface area contributed by atoms with Gasteiger partial charge in [-0.05, 0) is 38.3 Å². The van der Waals surface area contributed by atoms with E-state index in [4.69, 9.17) is 0 Å². The number of aromatic nitrogens is 2. The van der Waals surface area contributed by atoms with Gasteiger partial charge in [0.05, 0.1) is 5.75 Å². The third-order valence-electron chi connectivity index (χ3n) is 4.31. The summed E-state index contributed by atoms with van der Waals surface area (Å²) in [5.41, 5.74) is 3.46. The van der Waals surface area contributed by atoms with Gasteiger partial charge in [0.15, 0.2) is 4.34 Å². The predicted molar refractivity (Wildman–Crippen MR) is 105 cm³/mol. The van der Waals surface area contributed by atoms with E-state index in [1.54, 1.807) is 0 Å². The molecule has 1 N–H and O–H groups in total. The van der Waals surface area contributed by atoms with Crippen LogP contribution in [0.4, 0.5) is 10.8 Å². The van der Waals surface area contributed by atoms with Crippen molar-refractivity contribution >= 4 is 39.8 Å². The summed E-state index contributed by atoms with van der Waals surface area (Å²) in [6.45, 7) is 5.95. The monoisotopic (exact) mass is 376 g/mol. The lowest BCUT2D eigenvalue weighted by molar-refractivity contribution is -0.128. The van der Waals surface area contributed by atoms with Gasteiger partial charge >= 0.3 is 0 Å². The van der Waals surface area contributed by atoms with Crippen molar-refractivity contribution < 1.29 is 4.79 Å². The fraction of sp³-hybridized carbons (Fsp3) is 0.500. The standard InChI is InChI=1S/C18H24N4OS2/c1-13-7-8-15(14(2)11-13)19-17-20-21-18(25-17)24-12-16(23)22-9-5-3-4-6-10-22/h7-8,11H,3-6,9-10,12H2,1-2H3,(H,19,20). The number of hydrogen-bond acceptors (Lipinski definition) is 6. The largest absolute Gasteiger partial charge is 0.342 e. The number of rotatable bonds is 5. The van der Waals surface area contributed by atoms with Crippen molar-refractivity contribution in [3.63, 3.8) is 0 Å². The summed E-state index contributed by atoms with van der Waals surface area (Å²) in [5, 5.41) is 12.5. The molecule has 1 aromatic carbocycles. The van der Waals surface area contributed by atoms with Crippen molar-refractivity contribution in [1.82, 2.24) is 15.1 Å². The third kappa shape index (κ3) is 5.19. The SMILES string of the molecule is Cc1ccc(Nc2nnc(SCC(=O)N3CCCCCC3)s2)c(C)c1. The summed E-state index contributed by atoms with van der Waals surface area (Å²) in [5.74, 6) is 0.657. The van der Waals surface area contributed by atoms with Crippen LogP contribution in [0, 0.1) is 13.8 Å². The van der Waals surface area contributed by atoms with E-state index >= 15 is 0 Å². The maximum absolute atomic E-state index is 12.3. The Morgan fingerprint density at radius 3 is 2.68 bits per heavy atom. The number of anilines is 2. The predicted octanol–water partition coefficient (Wildman–Crippen LogP) is 4.39. The quantitative estimate of drug-likeness (QED) is 0.784. The van der Waals surface area contributed by atoms with Gasteiger partial charge in [0.25, 0.3) is 0 Å². The summed E-state index contributed by atoms with van der Waals surface area (Å²) in [6.07, 6.45) is 4.72. The number of carbonyl (C=O) groups is 1. The van der Waals surface area contributed by atoms with Crippen molar-refractivity contribution in [3.05, 3.63) is 29.3 Å². The number of aryl methyl sites for hydroxylation is 2. The first-order valence-corrected chi connectivity index (χ1v) is 10.5. The number of likely N-dealkylation sites (tertiary alicyclic amines) is 1. The molecule has 0 spiro atoms. The molecule has 0 unspecified atom stereocenters. The van der Waals surface area contributed by atoms with E-state index in [2.05, 4.69) is 47.6 Å². The topological polar surface area (TPSA) is 58.1 Å². The normalized spacial score (nSPS) is 15.0. The van der Waals surface area contributed by atoms with Crippen LogP contribution in [0.25, 0.3) is 0 Å². The fourth-order valence-corrected chi connectivity index (χ4v) is 4.59. The zero-order valence-electron chi connectivity index (χ0n) is 14.7. The fourth-order valence-electron chi connectivity index (χ4n) is 2.92. The second-order valence-electron chi connectivity index (χ2n) is 6.40. The van der Waals surface area contributed by atoms with Crippen LogP contribution in [-0.4, -0.2) is 39.8 Å². The molecule has 2 heterocycles. The molecule has 1 aliphatic heterocycles. The molecule has 0 atom stereocenters. The zero-order valence-corrected chi connectivity index (χ0v) is 16.4. The van der Waals surface area contributed by atoms with E-state index in [1.807, 2.05) is 4.90 Å². The Kier molecular flexibility index (Phi) is 6.31. The van der Waals surface area contributed by atoms with E-state index in [1.165, 1.54) is 47.1 Å². The first-order chi connectivity index (χ1) is 12.1. The van der Waals surface area contributed by atoms with Gasteiger partial charge in [-0.2, -0.15) is 0 Å². The minimum atomic E-state index is 0.214. The second-order valence-corrected chi connectivity index (χ2v) is 8.60. The summed E-state index contributed by atoms with van der Waals surface area (Å²) >= 11 is 2.97. The van der Waals surface area contributed by atoms with E-state index in [-0.39, 0.29) is 5.91 Å². The number of nitrogens with one attached hydrogen (secondary N) is 1. The van der Waals surface area contributed by atoms with Crippen LogP contribution in [-0.2, 0) is 4.79 Å². The van der Waals surface area contributed by atoms with Gasteiger partial charge in [-0.1, -0.05) is 53.6 Å². The highest BCUT2D eigenvalue weighted by Crippen LogP contribution is 2.29. The Labute approximate surface area is 157 Å². The molecule has 0 aliphatic carbocycles. The van der Waals surface area contributed by atoms with Crippen LogP contribution in [0.5, 0.6) is 0 Å². The van der Waals surface area contributed by atoms with Crippen molar-refractivity contribution in [2.45, 2.75) is 43.9 Å². The molecule has 1 aliphatic rings. The number of amides is 1. The molecule has 1 saturated heterocycles. The molecule has 5 nitrogen and oxygen atoms in total. The minimum absolute atomic E-state index is 0.214. The van der Waals surface area contributed by atoms with Crippen molar-refractivity contribution in [2.75, 3.05) is 24.2 Å². The van der Waals surface area contributed by atoms with Crippen LogP contribution >= 0.6 is 23.1 Å². The second kappa shape index (κ2) is 8.67. The van der Waals surface area contributed by atoms with Gasteiger partial charge in [0.1, 0.15) is 0 Å². The minimum Gasteiger partial charge on any atom is -0.342 e. The lowest BCUT2D eigenvalue weighted by Crippen LogP contribution is -2.33. The Morgan fingerprint density at radius 2 is 1.96 bits per heavy atom. The Morgan fingerprint density at radius 1 is 1.20 bits per heavy atom. The average Bonchev–Trinajstić information content (AvgIpc) is 2.86. The summed E-state index contributed by atoms with van der Waals surface area (Å²) in [6, 6.07) is 6.27. The van der Waals surface area contributed by atoms with Crippen molar-refractivity contribution in [2.24, 2.45) is 0 Å². The Bertz CT molecular complexity index is 724. The molecule has 2 aromatic rings. The van der Waals surface area contributed by atoms with Crippen molar-refractivity contribution in [1.29, 1.82) is 0 Å². The molecular formula is C18H24N4OS2. The first kappa shape index (κ1) is 18.2. The molecule has 1 amide bonds. The number of nitrogens with zero attached hydrogens (tertiary/aromatic N) is 3. The van der Waals surface area contributed by atoms with E-state index in [0.717, 1.165) is 41.1 Å². The molecule has 1 fully saturated rings. The van der Waals surface area contributed by atoms with E-state index in [0.29, 0.717) is 5.75 Å². The average molecular weight is 377 g/mol. The molecule has 1 aromatic heterocycles. The van der Waals surface area contributed by atoms with E-state index in [9.17, 15) is 4.79 Å². The molecule has 3 rings (SSSR count). The Hall–Kier alpha value is -1.60. The number of hydrogen-bond donors (Lipinski definition) is 1. The zero-order chi connectivity index (χ0) is 17.6. The van der Waals surface area contributed by atoms with Crippen LogP contribution in [0.1, 0.15) is 36.8 Å². The van der Waals surface area contributed by atoms with Crippen molar-refractivity contribution in [3.8, 4) is 0 Å². The van der Waals surface area contributed by atoms with Crippen LogP contribution in [0.2, 0.25) is 0 Å². The molecule has 0 saturated carbocycles. The molecule has 0 bridgehead atoms. The molecule has 7 heteroatoms. The highest BCUT2D eigenvalue weighted by molar-refractivity contribution is 8.01. The maximum Gasteiger partial charge on any atom is 0.233 e.